The highest BCUT2D eigenvalue weighted by atomic mass is 19.1. The van der Waals surface area contributed by atoms with E-state index in [0.717, 1.165) is 63.8 Å². The number of nitrogens with zero attached hydrogens (tertiary/aromatic N) is 4. The molecule has 4 rings (SSSR count). The molecular weight excluding hydrogens is 383 g/mol. The van der Waals surface area contributed by atoms with Crippen LogP contribution >= 0.6 is 0 Å². The number of carbonyl (C=O) groups excluding carboxylic acids is 1. The number of hydrogen-bond donors (Lipinski definition) is 0. The SMILES string of the molecule is COc1ccc(N2CCN(C(=O)CN3CCN(c4ccc(F)cc4)CC3)CC2)cc1. The van der Waals surface area contributed by atoms with Gasteiger partial charge in [-0.25, -0.2) is 4.39 Å². The molecule has 2 aromatic carbocycles. The average Bonchev–Trinajstić information content (AvgIpc) is 2.80. The van der Waals surface area contributed by atoms with Gasteiger partial charge >= 0.3 is 0 Å². The number of ether oxygens (including phenoxy) is 1. The van der Waals surface area contributed by atoms with Crippen LogP contribution in [-0.2, 0) is 4.79 Å². The molecule has 0 N–H and O–H groups in total. The first kappa shape index (κ1) is 20.5. The van der Waals surface area contributed by atoms with Gasteiger partial charge in [-0.2, -0.15) is 0 Å². The molecule has 0 radical (unpaired) electrons. The Bertz CT molecular complexity index is 827. The third-order valence-corrected chi connectivity index (χ3v) is 5.99. The van der Waals surface area contributed by atoms with Gasteiger partial charge in [0.1, 0.15) is 11.6 Å². The summed E-state index contributed by atoms with van der Waals surface area (Å²) in [6.45, 7) is 7.05. The zero-order chi connectivity index (χ0) is 20.9. The zero-order valence-electron chi connectivity index (χ0n) is 17.5. The minimum Gasteiger partial charge on any atom is -0.497 e. The van der Waals surface area contributed by atoms with E-state index in [1.807, 2.05) is 29.2 Å². The van der Waals surface area contributed by atoms with Gasteiger partial charge in [-0.1, -0.05) is 0 Å². The molecule has 30 heavy (non-hydrogen) atoms. The molecule has 0 unspecified atom stereocenters. The van der Waals surface area contributed by atoms with Crippen LogP contribution in [0.3, 0.4) is 0 Å². The van der Waals surface area contributed by atoms with E-state index < -0.39 is 0 Å². The Morgan fingerprint density at radius 3 is 1.83 bits per heavy atom. The molecule has 2 fully saturated rings. The molecule has 6 nitrogen and oxygen atoms in total. The first-order chi connectivity index (χ1) is 14.6. The standard InChI is InChI=1S/C23H29FN4O2/c1-30-22-8-6-21(7-9-22)27-14-16-28(17-15-27)23(29)18-25-10-12-26(13-11-25)20-4-2-19(24)3-5-20/h2-9H,10-18H2,1H3. The number of hydrogen-bond acceptors (Lipinski definition) is 5. The van der Waals surface area contributed by atoms with E-state index in [-0.39, 0.29) is 11.7 Å². The first-order valence-corrected chi connectivity index (χ1v) is 10.5. The summed E-state index contributed by atoms with van der Waals surface area (Å²) in [6, 6.07) is 14.7. The van der Waals surface area contributed by atoms with Crippen LogP contribution in [0, 0.1) is 5.82 Å². The Balaban J connectivity index is 1.22. The van der Waals surface area contributed by atoms with E-state index in [4.69, 9.17) is 4.74 Å². The van der Waals surface area contributed by atoms with Crippen LogP contribution in [0.4, 0.5) is 15.8 Å². The van der Waals surface area contributed by atoms with Gasteiger partial charge < -0.3 is 19.4 Å². The summed E-state index contributed by atoms with van der Waals surface area (Å²) < 4.78 is 18.3. The van der Waals surface area contributed by atoms with E-state index in [1.54, 1.807) is 7.11 Å². The van der Waals surface area contributed by atoms with Crippen LogP contribution in [0.1, 0.15) is 0 Å². The van der Waals surface area contributed by atoms with Gasteiger partial charge in [-0.05, 0) is 48.5 Å². The molecule has 0 bridgehead atoms. The minimum atomic E-state index is -0.213. The third kappa shape index (κ3) is 4.84. The maximum absolute atomic E-state index is 13.1. The molecule has 2 saturated heterocycles. The molecule has 2 heterocycles. The lowest BCUT2D eigenvalue weighted by atomic mass is 10.2. The Labute approximate surface area is 177 Å². The number of benzene rings is 2. The van der Waals surface area contributed by atoms with Crippen molar-refractivity contribution in [3.63, 3.8) is 0 Å². The number of carbonyl (C=O) groups is 1. The molecule has 0 aromatic heterocycles. The topological polar surface area (TPSA) is 39.3 Å². The maximum atomic E-state index is 13.1. The van der Waals surface area contributed by atoms with Crippen molar-refractivity contribution in [2.75, 3.05) is 75.8 Å². The van der Waals surface area contributed by atoms with Crippen molar-refractivity contribution < 1.29 is 13.9 Å². The van der Waals surface area contributed by atoms with Gasteiger partial charge in [0.2, 0.25) is 5.91 Å². The van der Waals surface area contributed by atoms with Crippen LogP contribution in [0.2, 0.25) is 0 Å². The fourth-order valence-electron chi connectivity index (χ4n) is 4.11. The van der Waals surface area contributed by atoms with E-state index in [0.29, 0.717) is 6.54 Å². The lowest BCUT2D eigenvalue weighted by Crippen LogP contribution is -2.54. The van der Waals surface area contributed by atoms with Crippen molar-refractivity contribution in [2.24, 2.45) is 0 Å². The minimum absolute atomic E-state index is 0.208. The fraction of sp³-hybridized carbons (Fsp3) is 0.435. The molecule has 1 amide bonds. The number of methoxy groups -OCH3 is 1. The molecule has 2 aliphatic rings. The van der Waals surface area contributed by atoms with Crippen molar-refractivity contribution in [1.29, 1.82) is 0 Å². The van der Waals surface area contributed by atoms with E-state index in [2.05, 4.69) is 26.8 Å². The molecule has 2 aliphatic heterocycles. The van der Waals surface area contributed by atoms with Gasteiger partial charge in [0.25, 0.3) is 0 Å². The van der Waals surface area contributed by atoms with Gasteiger partial charge in [-0.15, -0.1) is 0 Å². The molecule has 0 aliphatic carbocycles. The maximum Gasteiger partial charge on any atom is 0.236 e. The van der Waals surface area contributed by atoms with Crippen LogP contribution in [0.15, 0.2) is 48.5 Å². The zero-order valence-corrected chi connectivity index (χ0v) is 17.5. The Morgan fingerprint density at radius 2 is 1.30 bits per heavy atom. The quantitative estimate of drug-likeness (QED) is 0.754. The lowest BCUT2D eigenvalue weighted by Gasteiger charge is -2.39. The van der Waals surface area contributed by atoms with Gasteiger partial charge in [0.15, 0.2) is 0 Å². The largest absolute Gasteiger partial charge is 0.497 e. The average molecular weight is 413 g/mol. The lowest BCUT2D eigenvalue weighted by molar-refractivity contribution is -0.132. The number of amides is 1. The van der Waals surface area contributed by atoms with E-state index in [1.165, 1.54) is 17.8 Å². The van der Waals surface area contributed by atoms with Crippen LogP contribution in [0.25, 0.3) is 0 Å². The normalized spacial score (nSPS) is 17.9. The van der Waals surface area contributed by atoms with Gasteiger partial charge in [0.05, 0.1) is 13.7 Å². The molecular formula is C23H29FN4O2. The van der Waals surface area contributed by atoms with Crippen molar-refractivity contribution in [1.82, 2.24) is 9.80 Å². The summed E-state index contributed by atoms with van der Waals surface area (Å²) >= 11 is 0. The van der Waals surface area contributed by atoms with Crippen molar-refractivity contribution in [3.05, 3.63) is 54.3 Å². The van der Waals surface area contributed by atoms with E-state index >= 15 is 0 Å². The summed E-state index contributed by atoms with van der Waals surface area (Å²) in [5.74, 6) is 0.849. The number of halogens is 1. The smallest absolute Gasteiger partial charge is 0.236 e. The fourth-order valence-corrected chi connectivity index (χ4v) is 4.11. The van der Waals surface area contributed by atoms with Gasteiger partial charge in [0, 0.05) is 63.7 Å². The number of anilines is 2. The molecule has 7 heteroatoms. The first-order valence-electron chi connectivity index (χ1n) is 10.5. The number of rotatable bonds is 5. The molecule has 160 valence electrons. The second-order valence-corrected chi connectivity index (χ2v) is 7.81. The monoisotopic (exact) mass is 412 g/mol. The summed E-state index contributed by atoms with van der Waals surface area (Å²) in [4.78, 5) is 21.5. The summed E-state index contributed by atoms with van der Waals surface area (Å²) in [6.07, 6.45) is 0. The molecule has 0 spiro atoms. The van der Waals surface area contributed by atoms with Crippen LogP contribution in [-0.4, -0.2) is 81.7 Å². The predicted octanol–water partition coefficient (Wildman–Crippen LogP) is 2.31. The van der Waals surface area contributed by atoms with Crippen molar-refractivity contribution in [2.45, 2.75) is 0 Å². The molecule has 0 atom stereocenters. The van der Waals surface area contributed by atoms with Gasteiger partial charge in [-0.3, -0.25) is 9.69 Å². The highest BCUT2D eigenvalue weighted by Gasteiger charge is 2.25. The Morgan fingerprint density at radius 1 is 0.800 bits per heavy atom. The highest BCUT2D eigenvalue weighted by molar-refractivity contribution is 5.78. The second kappa shape index (κ2) is 9.34. The third-order valence-electron chi connectivity index (χ3n) is 5.99. The van der Waals surface area contributed by atoms with Crippen LogP contribution < -0.4 is 14.5 Å². The Kier molecular flexibility index (Phi) is 6.38. The molecule has 0 saturated carbocycles. The summed E-state index contributed by atoms with van der Waals surface area (Å²) in [7, 11) is 1.67. The van der Waals surface area contributed by atoms with E-state index in [9.17, 15) is 9.18 Å². The van der Waals surface area contributed by atoms with Crippen LogP contribution in [0.5, 0.6) is 5.75 Å². The number of piperazine rings is 2. The van der Waals surface area contributed by atoms with Crippen molar-refractivity contribution in [3.8, 4) is 5.75 Å². The predicted molar refractivity (Wildman–Crippen MR) is 117 cm³/mol. The molecule has 2 aromatic rings. The summed E-state index contributed by atoms with van der Waals surface area (Å²) in [5.41, 5.74) is 2.21. The van der Waals surface area contributed by atoms with Crippen molar-refractivity contribution >= 4 is 17.3 Å². The summed E-state index contributed by atoms with van der Waals surface area (Å²) in [5, 5.41) is 0. The second-order valence-electron chi connectivity index (χ2n) is 7.81. The highest BCUT2D eigenvalue weighted by Crippen LogP contribution is 2.21. The Hall–Kier alpha value is -2.80.